The van der Waals surface area contributed by atoms with Crippen molar-refractivity contribution in [1.82, 2.24) is 25.1 Å². The maximum atomic E-state index is 4.94. The van der Waals surface area contributed by atoms with E-state index in [4.69, 9.17) is 4.99 Å². The van der Waals surface area contributed by atoms with Gasteiger partial charge in [0, 0.05) is 57.7 Å². The topological polar surface area (TPSA) is 59.9 Å². The van der Waals surface area contributed by atoms with E-state index in [-0.39, 0.29) is 0 Å². The second-order valence-corrected chi connectivity index (χ2v) is 7.47. The summed E-state index contributed by atoms with van der Waals surface area (Å²) in [5, 5.41) is 3.46. The number of aromatic nitrogens is 2. The van der Waals surface area contributed by atoms with Crippen molar-refractivity contribution < 1.29 is 0 Å². The van der Waals surface area contributed by atoms with Crippen molar-refractivity contribution >= 4 is 11.9 Å². The Bertz CT molecular complexity index is 742. The van der Waals surface area contributed by atoms with E-state index in [1.807, 2.05) is 6.07 Å². The lowest BCUT2D eigenvalue weighted by Gasteiger charge is -2.36. The van der Waals surface area contributed by atoms with Crippen LogP contribution in [0.1, 0.15) is 19.4 Å². The molecule has 1 fully saturated rings. The first-order valence-electron chi connectivity index (χ1n) is 10.5. The van der Waals surface area contributed by atoms with Gasteiger partial charge in [-0.2, -0.15) is 0 Å². The number of hydrogen-bond acceptors (Lipinski definition) is 5. The Morgan fingerprint density at radius 1 is 1.10 bits per heavy atom. The van der Waals surface area contributed by atoms with E-state index in [9.17, 15) is 0 Å². The SMILES string of the molecule is CCNC(=NCC(C)N(C)Cc1ccccc1)N1CCN(c2ncccn2)CC1. The van der Waals surface area contributed by atoms with E-state index in [1.54, 1.807) is 12.4 Å². The predicted molar refractivity (Wildman–Crippen MR) is 119 cm³/mol. The zero-order chi connectivity index (χ0) is 20.5. The van der Waals surface area contributed by atoms with Crippen LogP contribution in [0.4, 0.5) is 5.95 Å². The first-order valence-corrected chi connectivity index (χ1v) is 10.5. The van der Waals surface area contributed by atoms with E-state index in [0.717, 1.165) is 57.7 Å². The number of hydrogen-bond donors (Lipinski definition) is 1. The summed E-state index contributed by atoms with van der Waals surface area (Å²) in [6, 6.07) is 12.8. The molecule has 0 radical (unpaired) electrons. The van der Waals surface area contributed by atoms with Gasteiger partial charge in [0.25, 0.3) is 0 Å². The highest BCUT2D eigenvalue weighted by atomic mass is 15.4. The van der Waals surface area contributed by atoms with Crippen molar-refractivity contribution in [3.05, 3.63) is 54.4 Å². The molecular formula is C22H33N7. The van der Waals surface area contributed by atoms with Crippen molar-refractivity contribution in [3.63, 3.8) is 0 Å². The first-order chi connectivity index (χ1) is 14.2. The number of anilines is 1. The Kier molecular flexibility index (Phi) is 7.81. The molecule has 7 nitrogen and oxygen atoms in total. The van der Waals surface area contributed by atoms with Crippen molar-refractivity contribution in [1.29, 1.82) is 0 Å². The summed E-state index contributed by atoms with van der Waals surface area (Å²) in [6.07, 6.45) is 3.60. The molecule has 1 aliphatic rings. The van der Waals surface area contributed by atoms with E-state index in [0.29, 0.717) is 6.04 Å². The van der Waals surface area contributed by atoms with Gasteiger partial charge >= 0.3 is 0 Å². The van der Waals surface area contributed by atoms with Gasteiger partial charge in [0.15, 0.2) is 5.96 Å². The number of benzene rings is 1. The molecule has 1 saturated heterocycles. The van der Waals surface area contributed by atoms with Gasteiger partial charge in [0.05, 0.1) is 6.54 Å². The van der Waals surface area contributed by atoms with E-state index < -0.39 is 0 Å². The Labute approximate surface area is 174 Å². The summed E-state index contributed by atoms with van der Waals surface area (Å²) in [4.78, 5) is 20.6. The van der Waals surface area contributed by atoms with Crippen LogP contribution in [-0.4, -0.2) is 78.1 Å². The lowest BCUT2D eigenvalue weighted by atomic mass is 10.2. The van der Waals surface area contributed by atoms with E-state index in [1.165, 1.54) is 5.56 Å². The fourth-order valence-corrected chi connectivity index (χ4v) is 3.38. The van der Waals surface area contributed by atoms with E-state index >= 15 is 0 Å². The van der Waals surface area contributed by atoms with Crippen LogP contribution in [0.2, 0.25) is 0 Å². The van der Waals surface area contributed by atoms with Crippen LogP contribution >= 0.6 is 0 Å². The summed E-state index contributed by atoms with van der Waals surface area (Å²) < 4.78 is 0. The molecule has 1 aromatic carbocycles. The summed E-state index contributed by atoms with van der Waals surface area (Å²) in [7, 11) is 2.17. The average Bonchev–Trinajstić information content (AvgIpc) is 2.78. The molecule has 0 spiro atoms. The van der Waals surface area contributed by atoms with Gasteiger partial charge in [-0.15, -0.1) is 0 Å². The number of guanidine groups is 1. The van der Waals surface area contributed by atoms with Crippen LogP contribution in [0.15, 0.2) is 53.8 Å². The molecule has 1 unspecified atom stereocenters. The van der Waals surface area contributed by atoms with Crippen LogP contribution < -0.4 is 10.2 Å². The second kappa shape index (κ2) is 10.8. The van der Waals surface area contributed by atoms with Gasteiger partial charge in [-0.25, -0.2) is 9.97 Å². The van der Waals surface area contributed by atoms with Crippen molar-refractivity contribution in [2.24, 2.45) is 4.99 Å². The minimum atomic E-state index is 0.364. The lowest BCUT2D eigenvalue weighted by Crippen LogP contribution is -2.53. The lowest BCUT2D eigenvalue weighted by molar-refractivity contribution is 0.254. The number of likely N-dealkylation sites (N-methyl/N-ethyl adjacent to an activating group) is 1. The highest BCUT2D eigenvalue weighted by Crippen LogP contribution is 2.10. The molecule has 156 valence electrons. The maximum Gasteiger partial charge on any atom is 0.225 e. The second-order valence-electron chi connectivity index (χ2n) is 7.47. The van der Waals surface area contributed by atoms with Crippen LogP contribution in [0.3, 0.4) is 0 Å². The van der Waals surface area contributed by atoms with Crippen molar-refractivity contribution in [2.75, 3.05) is 51.2 Å². The third-order valence-electron chi connectivity index (χ3n) is 5.28. The molecule has 1 N–H and O–H groups in total. The fraction of sp³-hybridized carbons (Fsp3) is 0.500. The van der Waals surface area contributed by atoms with Crippen molar-refractivity contribution in [2.45, 2.75) is 26.4 Å². The molecular weight excluding hydrogens is 362 g/mol. The van der Waals surface area contributed by atoms with Crippen LogP contribution in [-0.2, 0) is 6.54 Å². The van der Waals surface area contributed by atoms with Gasteiger partial charge < -0.3 is 15.1 Å². The van der Waals surface area contributed by atoms with Gasteiger partial charge in [-0.05, 0) is 32.5 Å². The van der Waals surface area contributed by atoms with Crippen molar-refractivity contribution in [3.8, 4) is 0 Å². The summed E-state index contributed by atoms with van der Waals surface area (Å²) in [5.41, 5.74) is 1.33. The Morgan fingerprint density at radius 3 is 2.45 bits per heavy atom. The molecule has 0 saturated carbocycles. The largest absolute Gasteiger partial charge is 0.357 e. The third-order valence-corrected chi connectivity index (χ3v) is 5.28. The van der Waals surface area contributed by atoms with Gasteiger partial charge in [0.2, 0.25) is 5.95 Å². The van der Waals surface area contributed by atoms with E-state index in [2.05, 4.69) is 81.2 Å². The molecule has 3 rings (SSSR count). The zero-order valence-corrected chi connectivity index (χ0v) is 17.8. The monoisotopic (exact) mass is 395 g/mol. The standard InChI is InChI=1S/C22H33N7/c1-4-23-21(26-17-19(2)27(3)18-20-9-6-5-7-10-20)28-13-15-29(16-14-28)22-24-11-8-12-25-22/h5-12,19H,4,13-18H2,1-3H3,(H,23,26). The first kappa shape index (κ1) is 21.0. The molecule has 2 heterocycles. The zero-order valence-electron chi connectivity index (χ0n) is 17.8. The van der Waals surface area contributed by atoms with Gasteiger partial charge in [0.1, 0.15) is 0 Å². The minimum Gasteiger partial charge on any atom is -0.357 e. The van der Waals surface area contributed by atoms with Crippen LogP contribution in [0.5, 0.6) is 0 Å². The maximum absolute atomic E-state index is 4.94. The molecule has 0 amide bonds. The highest BCUT2D eigenvalue weighted by molar-refractivity contribution is 5.80. The summed E-state index contributed by atoms with van der Waals surface area (Å²) in [6.45, 7) is 10.6. The number of nitrogens with one attached hydrogen (secondary N) is 1. The molecule has 1 aromatic heterocycles. The molecule has 7 heteroatoms. The van der Waals surface area contributed by atoms with Gasteiger partial charge in [-0.1, -0.05) is 30.3 Å². The molecule has 0 bridgehead atoms. The molecule has 0 aliphatic carbocycles. The fourth-order valence-electron chi connectivity index (χ4n) is 3.38. The summed E-state index contributed by atoms with van der Waals surface area (Å²) in [5.74, 6) is 1.81. The molecule has 2 aromatic rings. The average molecular weight is 396 g/mol. The summed E-state index contributed by atoms with van der Waals surface area (Å²) >= 11 is 0. The number of nitrogens with zero attached hydrogens (tertiary/aromatic N) is 6. The normalized spacial score (nSPS) is 16.2. The Hall–Kier alpha value is -2.67. The van der Waals surface area contributed by atoms with Crippen LogP contribution in [0.25, 0.3) is 0 Å². The molecule has 1 atom stereocenters. The quantitative estimate of drug-likeness (QED) is 0.572. The number of rotatable bonds is 7. The Balaban J connectivity index is 1.54. The predicted octanol–water partition coefficient (Wildman–Crippen LogP) is 2.08. The highest BCUT2D eigenvalue weighted by Gasteiger charge is 2.21. The molecule has 29 heavy (non-hydrogen) atoms. The number of aliphatic imine (C=N–C) groups is 1. The van der Waals surface area contributed by atoms with Crippen LogP contribution in [0, 0.1) is 0 Å². The Morgan fingerprint density at radius 2 is 1.79 bits per heavy atom. The minimum absolute atomic E-state index is 0.364. The number of piperazine rings is 1. The molecule has 1 aliphatic heterocycles. The third kappa shape index (κ3) is 6.15. The smallest absolute Gasteiger partial charge is 0.225 e. The van der Waals surface area contributed by atoms with Gasteiger partial charge in [-0.3, -0.25) is 9.89 Å².